The molecule has 0 saturated heterocycles. The molecule has 0 aliphatic rings. The van der Waals surface area contributed by atoms with Gasteiger partial charge in [-0.2, -0.15) is 0 Å². The van der Waals surface area contributed by atoms with Gasteiger partial charge in [-0.25, -0.2) is 0 Å². The second-order valence-electron chi connectivity index (χ2n) is 3.25. The van der Waals surface area contributed by atoms with E-state index in [2.05, 4.69) is 37.3 Å². The lowest BCUT2D eigenvalue weighted by Gasteiger charge is -2.08. The van der Waals surface area contributed by atoms with Gasteiger partial charge in [0.05, 0.1) is 0 Å². The van der Waals surface area contributed by atoms with Gasteiger partial charge in [-0.3, -0.25) is 0 Å². The fourth-order valence-corrected chi connectivity index (χ4v) is 2.38. The third-order valence-corrected chi connectivity index (χ3v) is 3.07. The molecule has 0 aromatic heterocycles. The first-order chi connectivity index (χ1) is 5.83. The van der Waals surface area contributed by atoms with E-state index < -0.39 is 0 Å². The molecule has 66 valence electrons. The maximum atomic E-state index is 5.21. The van der Waals surface area contributed by atoms with Crippen molar-refractivity contribution < 1.29 is 4.43 Å². The van der Waals surface area contributed by atoms with Gasteiger partial charge in [0.2, 0.25) is 0 Å². The summed E-state index contributed by atoms with van der Waals surface area (Å²) >= 11 is 0. The molecule has 1 aromatic carbocycles. The van der Waals surface area contributed by atoms with Crippen LogP contribution in [0.25, 0.3) is 0 Å². The molecule has 0 fully saturated rings. The van der Waals surface area contributed by atoms with E-state index in [0.29, 0.717) is 0 Å². The largest absolute Gasteiger partial charge is 0.427 e. The summed E-state index contributed by atoms with van der Waals surface area (Å²) in [5.41, 5.74) is 2.17. The van der Waals surface area contributed by atoms with Crippen LogP contribution in [-0.4, -0.2) is 16.9 Å². The summed E-state index contributed by atoms with van der Waals surface area (Å²) in [6.45, 7) is 2.27. The van der Waals surface area contributed by atoms with Gasteiger partial charge in [-0.1, -0.05) is 37.3 Å². The molecule has 1 unspecified atom stereocenters. The van der Waals surface area contributed by atoms with E-state index in [1.54, 1.807) is 0 Å². The molecule has 0 N–H and O–H groups in total. The molecular weight excluding hydrogens is 164 g/mol. The fourth-order valence-electron chi connectivity index (χ4n) is 1.36. The van der Waals surface area contributed by atoms with Crippen molar-refractivity contribution in [3.05, 3.63) is 35.9 Å². The van der Waals surface area contributed by atoms with E-state index in [0.717, 1.165) is 5.54 Å². The lowest BCUT2D eigenvalue weighted by atomic mass is 10.1. The Morgan fingerprint density at radius 3 is 2.58 bits per heavy atom. The monoisotopic (exact) mass is 180 g/mol. The normalized spacial score (nSPS) is 13.8. The summed E-state index contributed by atoms with van der Waals surface area (Å²) in [5.74, 6) is 0. The molecule has 12 heavy (non-hydrogen) atoms. The highest BCUT2D eigenvalue weighted by atomic mass is 28.2. The molecule has 0 amide bonds. The van der Waals surface area contributed by atoms with Gasteiger partial charge in [0.15, 0.2) is 9.76 Å². The van der Waals surface area contributed by atoms with Crippen LogP contribution in [-0.2, 0) is 10.8 Å². The predicted octanol–water partition coefficient (Wildman–Crippen LogP) is 1.77. The predicted molar refractivity (Wildman–Crippen MR) is 55.1 cm³/mol. The Bertz CT molecular complexity index is 210. The van der Waals surface area contributed by atoms with Crippen molar-refractivity contribution in [3.8, 4) is 0 Å². The van der Waals surface area contributed by atoms with Gasteiger partial charge in [-0.15, -0.1) is 0 Å². The lowest BCUT2D eigenvalue weighted by Crippen LogP contribution is -2.04. The van der Waals surface area contributed by atoms with Gasteiger partial charge in [0, 0.05) is 7.11 Å². The minimum absolute atomic E-state index is 0.298. The molecule has 0 saturated carbocycles. The van der Waals surface area contributed by atoms with Crippen LogP contribution in [0.3, 0.4) is 0 Å². The molecule has 1 atom stereocenters. The number of benzene rings is 1. The third kappa shape index (κ3) is 3.20. The van der Waals surface area contributed by atoms with Crippen LogP contribution >= 0.6 is 0 Å². The van der Waals surface area contributed by atoms with Gasteiger partial charge in [0.25, 0.3) is 0 Å². The van der Waals surface area contributed by atoms with E-state index in [-0.39, 0.29) is 9.76 Å². The molecule has 0 aliphatic carbocycles. The van der Waals surface area contributed by atoms with Crippen LogP contribution < -0.4 is 0 Å². The van der Waals surface area contributed by atoms with Crippen molar-refractivity contribution in [1.29, 1.82) is 0 Å². The van der Waals surface area contributed by atoms with Crippen LogP contribution in [0, 0.1) is 0 Å². The van der Waals surface area contributed by atoms with E-state index in [9.17, 15) is 0 Å². The summed E-state index contributed by atoms with van der Waals surface area (Å²) in [4.78, 5) is 0. The summed E-state index contributed by atoms with van der Waals surface area (Å²) in [6.07, 6.45) is 1.17. The molecule has 0 radical (unpaired) electrons. The second-order valence-corrected chi connectivity index (χ2v) is 5.55. The average Bonchev–Trinajstić information content (AvgIpc) is 2.06. The third-order valence-electron chi connectivity index (χ3n) is 1.88. The van der Waals surface area contributed by atoms with Gasteiger partial charge in [0.1, 0.15) is 0 Å². The zero-order chi connectivity index (χ0) is 8.81. The summed E-state index contributed by atoms with van der Waals surface area (Å²) in [6, 6.07) is 10.6. The van der Waals surface area contributed by atoms with Crippen molar-refractivity contribution >= 4 is 9.76 Å². The molecule has 0 heterocycles. The van der Waals surface area contributed by atoms with Gasteiger partial charge < -0.3 is 4.43 Å². The molecule has 1 rings (SSSR count). The molecular formula is C10H16OSi. The number of rotatable bonds is 4. The molecule has 1 nitrogen and oxygen atoms in total. The van der Waals surface area contributed by atoms with Crippen molar-refractivity contribution in [2.24, 2.45) is 0 Å². The molecule has 0 bridgehead atoms. The Morgan fingerprint density at radius 2 is 2.00 bits per heavy atom. The number of hydrogen-bond acceptors (Lipinski definition) is 1. The van der Waals surface area contributed by atoms with Gasteiger partial charge in [-0.05, 0) is 17.5 Å². The van der Waals surface area contributed by atoms with E-state index in [1.807, 2.05) is 7.11 Å². The maximum Gasteiger partial charge on any atom is 0.164 e. The zero-order valence-electron chi connectivity index (χ0n) is 7.79. The van der Waals surface area contributed by atoms with Crippen LogP contribution in [0.5, 0.6) is 0 Å². The second kappa shape index (κ2) is 5.12. The topological polar surface area (TPSA) is 9.23 Å². The quantitative estimate of drug-likeness (QED) is 0.642. The molecule has 1 aromatic rings. The lowest BCUT2D eigenvalue weighted by molar-refractivity contribution is 0.431. The molecule has 0 spiro atoms. The minimum atomic E-state index is -0.298. The van der Waals surface area contributed by atoms with Crippen LogP contribution in [0.15, 0.2) is 30.3 Å². The SMILES string of the molecule is CO[SiH2]C(C)Cc1ccccc1. The Morgan fingerprint density at radius 1 is 1.33 bits per heavy atom. The highest BCUT2D eigenvalue weighted by Gasteiger charge is 2.02. The van der Waals surface area contributed by atoms with Crippen LogP contribution in [0.4, 0.5) is 0 Å². The van der Waals surface area contributed by atoms with Crippen LogP contribution in [0.1, 0.15) is 12.5 Å². The number of hydrogen-bond donors (Lipinski definition) is 0. The Hall–Kier alpha value is -0.603. The minimum Gasteiger partial charge on any atom is -0.427 e. The molecule has 0 aliphatic heterocycles. The Kier molecular flexibility index (Phi) is 4.04. The first-order valence-corrected chi connectivity index (χ1v) is 5.75. The smallest absolute Gasteiger partial charge is 0.164 e. The summed E-state index contributed by atoms with van der Waals surface area (Å²) in [7, 11) is 1.52. The van der Waals surface area contributed by atoms with Crippen LogP contribution in [0.2, 0.25) is 5.54 Å². The summed E-state index contributed by atoms with van der Waals surface area (Å²) in [5, 5.41) is 0. The van der Waals surface area contributed by atoms with Crippen molar-refractivity contribution in [1.82, 2.24) is 0 Å². The van der Waals surface area contributed by atoms with Gasteiger partial charge >= 0.3 is 0 Å². The average molecular weight is 180 g/mol. The van der Waals surface area contributed by atoms with Crippen molar-refractivity contribution in [2.45, 2.75) is 18.9 Å². The first-order valence-electron chi connectivity index (χ1n) is 4.36. The van der Waals surface area contributed by atoms with Crippen molar-refractivity contribution in [2.75, 3.05) is 7.11 Å². The Labute approximate surface area is 76.7 Å². The molecule has 2 heteroatoms. The van der Waals surface area contributed by atoms with E-state index in [4.69, 9.17) is 4.43 Å². The zero-order valence-corrected chi connectivity index (χ0v) is 9.20. The fraction of sp³-hybridized carbons (Fsp3) is 0.400. The maximum absolute atomic E-state index is 5.21. The highest BCUT2D eigenvalue weighted by molar-refractivity contribution is 6.29. The van der Waals surface area contributed by atoms with E-state index >= 15 is 0 Å². The first kappa shape index (κ1) is 9.48. The van der Waals surface area contributed by atoms with E-state index in [1.165, 1.54) is 12.0 Å². The highest BCUT2D eigenvalue weighted by Crippen LogP contribution is 2.11. The standard InChI is InChI=1S/C10H16OSi/c1-9(12-11-2)8-10-6-4-3-5-7-10/h3-7,9H,8,12H2,1-2H3. The Balaban J connectivity index is 2.41. The summed E-state index contributed by atoms with van der Waals surface area (Å²) < 4.78 is 5.21. The van der Waals surface area contributed by atoms with Crippen molar-refractivity contribution in [3.63, 3.8) is 0 Å².